The van der Waals surface area contributed by atoms with Gasteiger partial charge in [-0.25, -0.2) is 26.3 Å². The maximum absolute atomic E-state index is 13.8. The summed E-state index contributed by atoms with van der Waals surface area (Å²) in [5.41, 5.74) is 0. The highest BCUT2D eigenvalue weighted by Gasteiger charge is 2.79. The van der Waals surface area contributed by atoms with E-state index in [1.807, 2.05) is 0 Å². The molecule has 0 atom stereocenters. The van der Waals surface area contributed by atoms with E-state index < -0.39 is 99.0 Å². The minimum Gasteiger partial charge on any atom is -0.203 e. The zero-order chi connectivity index (χ0) is 32.9. The second-order valence-corrected chi connectivity index (χ2v) is 10.0. The largest absolute Gasteiger partial charge is 0.378 e. The van der Waals surface area contributed by atoms with Crippen molar-refractivity contribution in [3.05, 3.63) is 0 Å². The van der Waals surface area contributed by atoms with E-state index in [9.17, 15) is 105 Å². The van der Waals surface area contributed by atoms with Gasteiger partial charge >= 0.3 is 72.6 Å². The molecular formula is C15H9F24P. The summed E-state index contributed by atoms with van der Waals surface area (Å²) in [7, 11) is -5.64. The summed E-state index contributed by atoms with van der Waals surface area (Å²) >= 11 is 0. The molecule has 0 radical (unpaired) electrons. The minimum atomic E-state index is -7.59. The van der Waals surface area contributed by atoms with Gasteiger partial charge < -0.3 is 0 Å². The van der Waals surface area contributed by atoms with Crippen molar-refractivity contribution in [1.82, 2.24) is 0 Å². The van der Waals surface area contributed by atoms with E-state index in [-0.39, 0.29) is 0 Å². The van der Waals surface area contributed by atoms with Gasteiger partial charge in [0.25, 0.3) is 0 Å². The second-order valence-electron chi connectivity index (χ2n) is 7.75. The van der Waals surface area contributed by atoms with Gasteiger partial charge in [-0.2, -0.15) is 79.0 Å². The van der Waals surface area contributed by atoms with E-state index in [0.29, 0.717) is 0 Å². The lowest BCUT2D eigenvalue weighted by Crippen LogP contribution is -2.61. The molecule has 0 rings (SSSR count). The lowest BCUT2D eigenvalue weighted by Gasteiger charge is -2.39. The lowest BCUT2D eigenvalue weighted by atomic mass is 10.1. The molecule has 0 unspecified atom stereocenters. The Hall–Kier alpha value is -1.25. The van der Waals surface area contributed by atoms with Gasteiger partial charge in [-0.05, 0) is 0 Å². The van der Waals surface area contributed by atoms with Crippen molar-refractivity contribution >= 4 is 7.92 Å². The fourth-order valence-electron chi connectivity index (χ4n) is 2.45. The zero-order valence-corrected chi connectivity index (χ0v) is 18.8. The maximum Gasteiger partial charge on any atom is 0.378 e. The topological polar surface area (TPSA) is 0 Å². The molecule has 0 saturated carbocycles. The molecule has 242 valence electrons. The predicted octanol–water partition coefficient (Wildman–Crippen LogP) is 8.98. The Kier molecular flexibility index (Phi) is 10.8. The van der Waals surface area contributed by atoms with Crippen molar-refractivity contribution in [3.8, 4) is 0 Å². The van der Waals surface area contributed by atoms with Gasteiger partial charge in [-0.1, -0.05) is 7.92 Å². The van der Waals surface area contributed by atoms with Gasteiger partial charge in [0.05, 0.1) is 0 Å². The Morgan fingerprint density at radius 2 is 0.475 bits per heavy atom. The van der Waals surface area contributed by atoms with E-state index in [0.717, 1.165) is 0 Å². The molecule has 25 heteroatoms. The Labute approximate surface area is 205 Å². The molecule has 0 bridgehead atoms. The maximum atomic E-state index is 13.8. The number of hydrogen-bond donors (Lipinski definition) is 0. The van der Waals surface area contributed by atoms with Crippen LogP contribution < -0.4 is 0 Å². The molecule has 0 aromatic rings. The minimum absolute atomic E-state index is 4.05. The molecule has 0 aromatic carbocycles. The molecule has 40 heavy (non-hydrogen) atoms. The molecule has 0 N–H and O–H groups in total. The lowest BCUT2D eigenvalue weighted by molar-refractivity contribution is -0.335. The fourth-order valence-corrected chi connectivity index (χ4v) is 5.07. The third-order valence-electron chi connectivity index (χ3n) is 4.72. The van der Waals surface area contributed by atoms with Crippen LogP contribution in [0.5, 0.6) is 0 Å². The molecule has 0 aromatic heterocycles. The summed E-state index contributed by atoms with van der Waals surface area (Å²) in [6.45, 7) is 0. The van der Waals surface area contributed by atoms with Crippen molar-refractivity contribution < 1.29 is 105 Å². The number of hydrogen-bond acceptors (Lipinski definition) is 0. The van der Waals surface area contributed by atoms with Crippen molar-refractivity contribution in [3.63, 3.8) is 0 Å². The summed E-state index contributed by atoms with van der Waals surface area (Å²) < 4.78 is 314. The Morgan fingerprint density at radius 3 is 0.600 bits per heavy atom. The standard InChI is InChI=1S/C15H9F24P/c16-4(17)10(28,29)13(34,35)7(22,23)1-40(2-8(24,25)14(36,37)11(30,31)5(18)19)3-9(26,27)15(38,39)12(32,33)6(20)21/h4-6H,1-3H2. The van der Waals surface area contributed by atoms with Gasteiger partial charge in [0, 0.05) is 18.5 Å². The van der Waals surface area contributed by atoms with Crippen molar-refractivity contribution in [1.29, 1.82) is 0 Å². The summed E-state index contributed by atoms with van der Waals surface area (Å²) in [4.78, 5) is 0. The smallest absolute Gasteiger partial charge is 0.203 e. The van der Waals surface area contributed by atoms with E-state index in [1.54, 1.807) is 0 Å². The zero-order valence-electron chi connectivity index (χ0n) is 17.9. The van der Waals surface area contributed by atoms with Gasteiger partial charge in [0.15, 0.2) is 0 Å². The van der Waals surface area contributed by atoms with Gasteiger partial charge in [0.2, 0.25) is 0 Å². The Bertz CT molecular complexity index is 736. The molecule has 0 heterocycles. The summed E-state index contributed by atoms with van der Waals surface area (Å²) in [5.74, 6) is -66.0. The second kappa shape index (κ2) is 11.1. The van der Waals surface area contributed by atoms with Crippen LogP contribution in [0.15, 0.2) is 0 Å². The van der Waals surface area contributed by atoms with E-state index in [2.05, 4.69) is 0 Å². The van der Waals surface area contributed by atoms with Crippen LogP contribution >= 0.6 is 7.92 Å². The number of halogens is 24. The molecule has 0 aliphatic carbocycles. The highest BCUT2D eigenvalue weighted by atomic mass is 31.1. The van der Waals surface area contributed by atoms with Crippen LogP contribution in [-0.2, 0) is 0 Å². The van der Waals surface area contributed by atoms with E-state index in [1.165, 1.54) is 0 Å². The fraction of sp³-hybridized carbons (Fsp3) is 1.00. The first kappa shape index (κ1) is 38.8. The summed E-state index contributed by atoms with van der Waals surface area (Å²) in [6, 6.07) is 0. The first-order chi connectivity index (χ1) is 17.1. The average Bonchev–Trinajstić information content (AvgIpc) is 2.71. The first-order valence-electron chi connectivity index (χ1n) is 9.09. The Morgan fingerprint density at radius 1 is 0.325 bits per heavy atom. The predicted molar refractivity (Wildman–Crippen MR) is 84.1 cm³/mol. The highest BCUT2D eigenvalue weighted by Crippen LogP contribution is 2.61. The summed E-state index contributed by atoms with van der Waals surface area (Å²) in [5, 5.41) is 0. The average molecular weight is 676 g/mol. The highest BCUT2D eigenvalue weighted by molar-refractivity contribution is 7.57. The molecule has 0 amide bonds. The SMILES string of the molecule is FC(F)C(F)(F)C(F)(F)C(F)(F)CP(CC(F)(F)C(F)(F)C(F)(F)C(F)F)CC(F)(F)C(F)(F)C(F)(F)C(F)F. The van der Waals surface area contributed by atoms with Crippen molar-refractivity contribution in [2.24, 2.45) is 0 Å². The van der Waals surface area contributed by atoms with Crippen LogP contribution in [0.4, 0.5) is 105 Å². The van der Waals surface area contributed by atoms with Gasteiger partial charge in [-0.3, -0.25) is 0 Å². The van der Waals surface area contributed by atoms with Crippen molar-refractivity contribution in [2.45, 2.75) is 72.6 Å². The molecular weight excluding hydrogens is 667 g/mol. The van der Waals surface area contributed by atoms with Crippen LogP contribution in [0.1, 0.15) is 0 Å². The number of alkyl halides is 24. The van der Waals surface area contributed by atoms with Gasteiger partial charge in [0.1, 0.15) is 0 Å². The molecule has 0 spiro atoms. The van der Waals surface area contributed by atoms with Gasteiger partial charge in [-0.15, -0.1) is 0 Å². The molecule has 0 aliphatic rings. The quantitative estimate of drug-likeness (QED) is 0.120. The third kappa shape index (κ3) is 6.39. The molecule has 0 aliphatic heterocycles. The third-order valence-corrected chi connectivity index (χ3v) is 7.26. The molecule has 0 nitrogen and oxygen atoms in total. The monoisotopic (exact) mass is 676 g/mol. The van der Waals surface area contributed by atoms with Crippen LogP contribution in [0.25, 0.3) is 0 Å². The Balaban J connectivity index is 6.97. The molecule has 0 saturated heterocycles. The summed E-state index contributed by atoms with van der Waals surface area (Å²) in [6.07, 6.45) is -29.6. The van der Waals surface area contributed by atoms with E-state index >= 15 is 0 Å². The van der Waals surface area contributed by atoms with Crippen molar-refractivity contribution in [2.75, 3.05) is 18.5 Å². The number of rotatable bonds is 15. The van der Waals surface area contributed by atoms with Crippen LogP contribution in [0, 0.1) is 0 Å². The van der Waals surface area contributed by atoms with E-state index in [4.69, 9.17) is 0 Å². The normalized spacial score (nSPS) is 16.2. The first-order valence-corrected chi connectivity index (χ1v) is 11.0. The van der Waals surface area contributed by atoms with Crippen LogP contribution in [0.2, 0.25) is 0 Å². The molecule has 0 fully saturated rings. The van der Waals surface area contributed by atoms with Crippen LogP contribution in [-0.4, -0.2) is 91.1 Å². The van der Waals surface area contributed by atoms with Crippen LogP contribution in [0.3, 0.4) is 0 Å².